The minimum Gasteiger partial charge on any atom is -0.508 e. The molecule has 3 N–H and O–H groups in total. The number of aromatic hydroxyl groups is 1. The molecule has 3 amide bonds. The van der Waals surface area contributed by atoms with Gasteiger partial charge >= 0.3 is 5.97 Å². The number of nitrogens with zero attached hydrogens (tertiary/aromatic N) is 2. The van der Waals surface area contributed by atoms with Crippen LogP contribution in [0, 0.1) is 0 Å². The first kappa shape index (κ1) is 24.0. The molecule has 0 saturated carbocycles. The third-order valence-corrected chi connectivity index (χ3v) is 6.27. The van der Waals surface area contributed by atoms with Crippen LogP contribution in [0.5, 0.6) is 5.75 Å². The molecule has 0 bridgehead atoms. The monoisotopic (exact) mass is 474 g/mol. The largest absolute Gasteiger partial charge is 0.508 e. The molecule has 34 heavy (non-hydrogen) atoms. The highest BCUT2D eigenvalue weighted by Crippen LogP contribution is 2.26. The van der Waals surface area contributed by atoms with E-state index in [2.05, 4.69) is 10.6 Å². The number of rotatable bonds is 7. The van der Waals surface area contributed by atoms with E-state index in [1.165, 1.54) is 10.0 Å². The molecule has 0 spiro atoms. The van der Waals surface area contributed by atoms with Gasteiger partial charge in [-0.2, -0.15) is 0 Å². The van der Waals surface area contributed by atoms with Crippen molar-refractivity contribution in [2.45, 2.75) is 70.0 Å². The van der Waals surface area contributed by atoms with Crippen LogP contribution in [0.4, 0.5) is 0 Å². The van der Waals surface area contributed by atoms with Crippen molar-refractivity contribution in [3.05, 3.63) is 29.8 Å². The van der Waals surface area contributed by atoms with Gasteiger partial charge in [0.25, 0.3) is 5.91 Å². The summed E-state index contributed by atoms with van der Waals surface area (Å²) in [6, 6.07) is 4.44. The number of esters is 1. The number of carbonyl (C=O) groups excluding carboxylic acids is 4. The molecule has 0 radical (unpaired) electrons. The predicted octanol–water partition coefficient (Wildman–Crippen LogP) is 0.173. The molecule has 4 rings (SSSR count). The van der Waals surface area contributed by atoms with E-state index in [1.807, 2.05) is 0 Å². The second-order valence-corrected chi connectivity index (χ2v) is 8.63. The van der Waals surface area contributed by atoms with E-state index in [0.29, 0.717) is 39.0 Å². The van der Waals surface area contributed by atoms with Crippen LogP contribution >= 0.6 is 0 Å². The molecule has 1 aromatic rings. The molecular weight excluding hydrogens is 444 g/mol. The summed E-state index contributed by atoms with van der Waals surface area (Å²) in [5.41, 5.74) is 0.874. The van der Waals surface area contributed by atoms with Gasteiger partial charge in [-0.1, -0.05) is 12.1 Å². The Balaban J connectivity index is 1.48. The summed E-state index contributed by atoms with van der Waals surface area (Å²) >= 11 is 0. The summed E-state index contributed by atoms with van der Waals surface area (Å²) in [7, 11) is 0. The number of hydrogen-bond donors (Lipinski definition) is 3. The summed E-state index contributed by atoms with van der Waals surface area (Å²) in [5.74, 6) is -1.30. The molecule has 4 unspecified atom stereocenters. The van der Waals surface area contributed by atoms with Gasteiger partial charge in [-0.25, -0.2) is 5.01 Å². The first-order valence-electron chi connectivity index (χ1n) is 11.6. The van der Waals surface area contributed by atoms with Crippen LogP contribution in [0.25, 0.3) is 0 Å². The zero-order valence-corrected chi connectivity index (χ0v) is 19.1. The number of nitrogens with one attached hydrogen (secondary N) is 2. The minimum absolute atomic E-state index is 0.0173. The summed E-state index contributed by atoms with van der Waals surface area (Å²) in [5, 5.41) is 18.1. The van der Waals surface area contributed by atoms with Crippen LogP contribution in [0.3, 0.4) is 0 Å². The normalized spacial score (nSPS) is 27.3. The fraction of sp³-hybridized carbons (Fsp3) is 0.565. The summed E-state index contributed by atoms with van der Waals surface area (Å²) < 4.78 is 10.5. The van der Waals surface area contributed by atoms with Gasteiger partial charge in [0.1, 0.15) is 17.8 Å². The molecular formula is C23H30N4O7. The molecule has 0 aromatic heterocycles. The molecule has 3 aliphatic rings. The lowest BCUT2D eigenvalue weighted by Crippen LogP contribution is -2.64. The van der Waals surface area contributed by atoms with Gasteiger partial charge in [0, 0.05) is 26.1 Å². The van der Waals surface area contributed by atoms with Crippen molar-refractivity contribution in [3.8, 4) is 5.75 Å². The summed E-state index contributed by atoms with van der Waals surface area (Å²) in [6.45, 7) is 2.81. The third-order valence-electron chi connectivity index (χ3n) is 6.27. The number of benzene rings is 1. The van der Waals surface area contributed by atoms with Crippen molar-refractivity contribution >= 4 is 23.7 Å². The first-order valence-corrected chi connectivity index (χ1v) is 11.6. The number of ether oxygens (including phenoxy) is 2. The van der Waals surface area contributed by atoms with E-state index in [-0.39, 0.29) is 30.4 Å². The number of fused-ring (bicyclic) bond motifs is 1. The number of hydrogen-bond acceptors (Lipinski definition) is 8. The first-order chi connectivity index (χ1) is 16.4. The lowest BCUT2D eigenvalue weighted by molar-refractivity contribution is -0.177. The van der Waals surface area contributed by atoms with E-state index in [1.54, 1.807) is 31.2 Å². The summed E-state index contributed by atoms with van der Waals surface area (Å²) in [6.07, 6.45) is 0.579. The molecule has 1 aromatic carbocycles. The number of hydrazine groups is 1. The predicted molar refractivity (Wildman–Crippen MR) is 118 cm³/mol. The van der Waals surface area contributed by atoms with Crippen molar-refractivity contribution in [1.82, 2.24) is 20.7 Å². The standard InChI is InChI=1S/C23H30N4O7/c1-2-33-23-17(12-20(30)34-23)25-21(31)18-4-3-11-26-19(29)10-9-16(22(32)27(18)26)24-13-14-5-7-15(28)8-6-14/h5-8,16-18,23-24,28H,2-4,9-13H2,1H3,(H,25,31). The second kappa shape index (κ2) is 10.4. The smallest absolute Gasteiger partial charge is 0.310 e. The Morgan fingerprint density at radius 2 is 1.97 bits per heavy atom. The number of phenolic OH excluding ortho intramolecular Hbond substituents is 1. The Labute approximate surface area is 197 Å². The molecule has 11 heteroatoms. The van der Waals surface area contributed by atoms with Crippen LogP contribution in [0.2, 0.25) is 0 Å². The molecule has 3 saturated heterocycles. The van der Waals surface area contributed by atoms with Crippen molar-refractivity contribution in [2.75, 3.05) is 13.2 Å². The Kier molecular flexibility index (Phi) is 7.32. The second-order valence-electron chi connectivity index (χ2n) is 8.63. The molecule has 4 atom stereocenters. The molecule has 11 nitrogen and oxygen atoms in total. The van der Waals surface area contributed by atoms with Crippen molar-refractivity contribution < 1.29 is 33.8 Å². The highest BCUT2D eigenvalue weighted by molar-refractivity contribution is 5.93. The lowest BCUT2D eigenvalue weighted by atomic mass is 10.0. The number of phenols is 1. The van der Waals surface area contributed by atoms with Gasteiger partial charge in [0.05, 0.1) is 12.5 Å². The molecule has 184 valence electrons. The number of cyclic esters (lactones) is 1. The van der Waals surface area contributed by atoms with Crippen LogP contribution in [0.1, 0.15) is 44.6 Å². The van der Waals surface area contributed by atoms with E-state index >= 15 is 0 Å². The van der Waals surface area contributed by atoms with Gasteiger partial charge in [0.2, 0.25) is 18.1 Å². The average Bonchev–Trinajstić information content (AvgIpc) is 3.11. The Morgan fingerprint density at radius 3 is 2.71 bits per heavy atom. The average molecular weight is 475 g/mol. The van der Waals surface area contributed by atoms with Gasteiger partial charge in [-0.05, 0) is 43.9 Å². The fourth-order valence-corrected chi connectivity index (χ4v) is 4.56. The van der Waals surface area contributed by atoms with Gasteiger partial charge in [-0.15, -0.1) is 0 Å². The number of amides is 3. The van der Waals surface area contributed by atoms with Crippen LogP contribution in [0.15, 0.2) is 24.3 Å². The highest BCUT2D eigenvalue weighted by Gasteiger charge is 2.45. The van der Waals surface area contributed by atoms with Crippen LogP contribution < -0.4 is 10.6 Å². The SMILES string of the molecule is CCOC1OC(=O)CC1NC(=O)C1CCCN2C(=O)CCC(NCc3ccc(O)cc3)C(=O)N12. The van der Waals surface area contributed by atoms with Crippen molar-refractivity contribution in [1.29, 1.82) is 0 Å². The topological polar surface area (TPSA) is 138 Å². The molecule has 3 aliphatic heterocycles. The molecule has 3 heterocycles. The van der Waals surface area contributed by atoms with E-state index < -0.39 is 36.3 Å². The van der Waals surface area contributed by atoms with Gasteiger partial charge in [-0.3, -0.25) is 24.2 Å². The lowest BCUT2D eigenvalue weighted by Gasteiger charge is -2.43. The zero-order chi connectivity index (χ0) is 24.2. The van der Waals surface area contributed by atoms with Gasteiger partial charge < -0.3 is 25.2 Å². The minimum atomic E-state index is -0.876. The zero-order valence-electron chi connectivity index (χ0n) is 19.1. The maximum absolute atomic E-state index is 13.5. The quantitative estimate of drug-likeness (QED) is 0.476. The molecule has 0 aliphatic carbocycles. The van der Waals surface area contributed by atoms with Crippen molar-refractivity contribution in [3.63, 3.8) is 0 Å². The maximum Gasteiger partial charge on any atom is 0.310 e. The summed E-state index contributed by atoms with van der Waals surface area (Å²) in [4.78, 5) is 51.3. The van der Waals surface area contributed by atoms with E-state index in [9.17, 15) is 24.3 Å². The Bertz CT molecular complexity index is 938. The Morgan fingerprint density at radius 1 is 1.21 bits per heavy atom. The van der Waals surface area contributed by atoms with E-state index in [4.69, 9.17) is 9.47 Å². The highest BCUT2D eigenvalue weighted by atomic mass is 16.7. The van der Waals surface area contributed by atoms with E-state index in [0.717, 1.165) is 5.56 Å². The third kappa shape index (κ3) is 5.15. The van der Waals surface area contributed by atoms with Crippen LogP contribution in [-0.4, -0.2) is 76.4 Å². The maximum atomic E-state index is 13.5. The van der Waals surface area contributed by atoms with Crippen molar-refractivity contribution in [2.24, 2.45) is 0 Å². The molecule has 3 fully saturated rings. The van der Waals surface area contributed by atoms with Gasteiger partial charge in [0.15, 0.2) is 0 Å². The fourth-order valence-electron chi connectivity index (χ4n) is 4.56. The van der Waals surface area contributed by atoms with Crippen LogP contribution in [-0.2, 0) is 35.2 Å². The Hall–Kier alpha value is -3.18. The number of carbonyl (C=O) groups is 4.